The van der Waals surface area contributed by atoms with Gasteiger partial charge in [0.15, 0.2) is 0 Å². The highest BCUT2D eigenvalue weighted by Gasteiger charge is 2.18. The Morgan fingerprint density at radius 2 is 2.05 bits per heavy atom. The summed E-state index contributed by atoms with van der Waals surface area (Å²) in [6, 6.07) is 2.69. The largest absolute Gasteiger partial charge is 0.379 e. The number of aryl methyl sites for hydroxylation is 1. The minimum atomic E-state index is -0.0532. The van der Waals surface area contributed by atoms with Crippen LogP contribution in [0.25, 0.3) is 0 Å². The molecule has 0 bridgehead atoms. The van der Waals surface area contributed by atoms with Crippen molar-refractivity contribution in [1.82, 2.24) is 9.88 Å². The van der Waals surface area contributed by atoms with Crippen LogP contribution in [0, 0.1) is 5.92 Å². The van der Waals surface area contributed by atoms with Crippen LogP contribution < -0.4 is 5.32 Å². The molecule has 0 saturated carbocycles. The van der Waals surface area contributed by atoms with E-state index in [1.807, 2.05) is 0 Å². The van der Waals surface area contributed by atoms with Gasteiger partial charge in [-0.05, 0) is 50.8 Å². The highest BCUT2D eigenvalue weighted by Crippen LogP contribution is 2.23. The second kappa shape index (κ2) is 7.84. The molecule has 0 aliphatic heterocycles. The molecule has 1 rings (SSSR count). The van der Waals surface area contributed by atoms with Crippen LogP contribution in [0.15, 0.2) is 18.5 Å². The number of ether oxygens (including phenoxy) is 1. The molecule has 0 radical (unpaired) electrons. The van der Waals surface area contributed by atoms with E-state index in [1.54, 1.807) is 7.11 Å². The zero-order valence-corrected chi connectivity index (χ0v) is 14.1. The topological polar surface area (TPSA) is 26.2 Å². The van der Waals surface area contributed by atoms with Crippen molar-refractivity contribution in [3.05, 3.63) is 24.0 Å². The fourth-order valence-corrected chi connectivity index (χ4v) is 2.32. The van der Waals surface area contributed by atoms with E-state index in [0.717, 1.165) is 19.5 Å². The second-order valence-corrected chi connectivity index (χ2v) is 6.57. The summed E-state index contributed by atoms with van der Waals surface area (Å²) in [5.41, 5.74) is 1.34. The summed E-state index contributed by atoms with van der Waals surface area (Å²) >= 11 is 0. The highest BCUT2D eigenvalue weighted by atomic mass is 16.5. The van der Waals surface area contributed by atoms with E-state index in [-0.39, 0.29) is 5.60 Å². The van der Waals surface area contributed by atoms with E-state index in [2.05, 4.69) is 63.0 Å². The lowest BCUT2D eigenvalue weighted by atomic mass is 9.98. The van der Waals surface area contributed by atoms with Gasteiger partial charge in [0.25, 0.3) is 0 Å². The van der Waals surface area contributed by atoms with Crippen LogP contribution in [0.2, 0.25) is 0 Å². The van der Waals surface area contributed by atoms with E-state index in [1.165, 1.54) is 12.0 Å². The highest BCUT2D eigenvalue weighted by molar-refractivity contribution is 5.16. The third kappa shape index (κ3) is 5.29. The molecule has 0 fully saturated rings. The third-order valence-electron chi connectivity index (χ3n) is 3.94. The van der Waals surface area contributed by atoms with Gasteiger partial charge in [-0.2, -0.15) is 0 Å². The molecule has 1 aromatic heterocycles. The number of rotatable bonds is 9. The van der Waals surface area contributed by atoms with Gasteiger partial charge >= 0.3 is 0 Å². The molecule has 1 heterocycles. The van der Waals surface area contributed by atoms with E-state index in [4.69, 9.17) is 4.74 Å². The molecule has 1 aromatic rings. The number of nitrogens with zero attached hydrogens (tertiary/aromatic N) is 1. The number of hydrogen-bond donors (Lipinski definition) is 1. The van der Waals surface area contributed by atoms with Crippen molar-refractivity contribution in [2.24, 2.45) is 5.92 Å². The molecule has 20 heavy (non-hydrogen) atoms. The van der Waals surface area contributed by atoms with Crippen LogP contribution in [-0.2, 0) is 11.3 Å². The summed E-state index contributed by atoms with van der Waals surface area (Å²) in [7, 11) is 1.78. The van der Waals surface area contributed by atoms with Crippen molar-refractivity contribution >= 4 is 0 Å². The van der Waals surface area contributed by atoms with Gasteiger partial charge in [0, 0.05) is 32.1 Å². The maximum atomic E-state index is 5.48. The monoisotopic (exact) mass is 280 g/mol. The molecule has 1 N–H and O–H groups in total. The Kier molecular flexibility index (Phi) is 6.77. The fraction of sp³-hybridized carbons (Fsp3) is 0.765. The summed E-state index contributed by atoms with van der Waals surface area (Å²) in [6.07, 6.45) is 6.65. The van der Waals surface area contributed by atoms with E-state index >= 15 is 0 Å². The van der Waals surface area contributed by atoms with Gasteiger partial charge in [0.2, 0.25) is 0 Å². The van der Waals surface area contributed by atoms with Crippen LogP contribution >= 0.6 is 0 Å². The van der Waals surface area contributed by atoms with Gasteiger partial charge in [-0.15, -0.1) is 0 Å². The Morgan fingerprint density at radius 1 is 1.35 bits per heavy atom. The molecule has 0 spiro atoms. The molecular weight excluding hydrogens is 248 g/mol. The third-order valence-corrected chi connectivity index (χ3v) is 3.94. The molecule has 3 heteroatoms. The van der Waals surface area contributed by atoms with Gasteiger partial charge in [-0.1, -0.05) is 20.8 Å². The average Bonchev–Trinajstić information content (AvgIpc) is 2.85. The van der Waals surface area contributed by atoms with E-state index < -0.39 is 0 Å². The lowest BCUT2D eigenvalue weighted by Gasteiger charge is -2.23. The molecule has 1 unspecified atom stereocenters. The number of aromatic nitrogens is 1. The summed E-state index contributed by atoms with van der Waals surface area (Å²) < 4.78 is 7.76. The summed E-state index contributed by atoms with van der Waals surface area (Å²) in [5, 5.41) is 3.64. The second-order valence-electron chi connectivity index (χ2n) is 6.57. The molecular formula is C17H32N2O. The summed E-state index contributed by atoms with van der Waals surface area (Å²) in [4.78, 5) is 0. The van der Waals surface area contributed by atoms with Crippen molar-refractivity contribution in [3.63, 3.8) is 0 Å². The summed E-state index contributed by atoms with van der Waals surface area (Å²) in [6.45, 7) is 13.1. The van der Waals surface area contributed by atoms with Crippen LogP contribution in [0.3, 0.4) is 0 Å². The Balaban J connectivity index is 2.64. The first-order chi connectivity index (χ1) is 9.39. The van der Waals surface area contributed by atoms with Crippen LogP contribution in [-0.4, -0.2) is 23.8 Å². The minimum absolute atomic E-state index is 0.0532. The maximum absolute atomic E-state index is 5.48. The molecule has 116 valence electrons. The van der Waals surface area contributed by atoms with Crippen molar-refractivity contribution in [2.75, 3.05) is 13.7 Å². The molecule has 0 aliphatic carbocycles. The predicted octanol–water partition coefficient (Wildman–Crippen LogP) is 4.00. The van der Waals surface area contributed by atoms with Crippen molar-refractivity contribution in [2.45, 2.75) is 65.6 Å². The summed E-state index contributed by atoms with van der Waals surface area (Å²) in [5.74, 6) is 0.604. The maximum Gasteiger partial charge on any atom is 0.0639 e. The van der Waals surface area contributed by atoms with Crippen molar-refractivity contribution < 1.29 is 4.74 Å². The molecule has 0 aromatic carbocycles. The molecule has 3 nitrogen and oxygen atoms in total. The SMILES string of the molecule is CCCNC(c1ccn(CCC(C)(C)OC)c1)C(C)C. The number of methoxy groups -OCH3 is 1. The Labute approximate surface area is 124 Å². The van der Waals surface area contributed by atoms with Crippen LogP contribution in [0.4, 0.5) is 0 Å². The first-order valence-corrected chi connectivity index (χ1v) is 7.84. The Morgan fingerprint density at radius 3 is 2.60 bits per heavy atom. The van der Waals surface area contributed by atoms with Gasteiger partial charge < -0.3 is 14.6 Å². The van der Waals surface area contributed by atoms with Gasteiger partial charge in [-0.3, -0.25) is 0 Å². The first-order valence-electron chi connectivity index (χ1n) is 7.84. The normalized spacial score (nSPS) is 13.9. The van der Waals surface area contributed by atoms with Crippen LogP contribution in [0.1, 0.15) is 59.1 Å². The van der Waals surface area contributed by atoms with E-state index in [0.29, 0.717) is 12.0 Å². The smallest absolute Gasteiger partial charge is 0.0639 e. The Hall–Kier alpha value is -0.800. The predicted molar refractivity (Wildman–Crippen MR) is 86.0 cm³/mol. The van der Waals surface area contributed by atoms with Crippen LogP contribution in [0.5, 0.6) is 0 Å². The zero-order valence-electron chi connectivity index (χ0n) is 14.1. The lowest BCUT2D eigenvalue weighted by Crippen LogP contribution is -2.26. The molecule has 0 amide bonds. The number of hydrogen-bond acceptors (Lipinski definition) is 2. The number of nitrogens with one attached hydrogen (secondary N) is 1. The van der Waals surface area contributed by atoms with E-state index in [9.17, 15) is 0 Å². The molecule has 1 atom stereocenters. The first kappa shape index (κ1) is 17.3. The average molecular weight is 280 g/mol. The quantitative estimate of drug-likeness (QED) is 0.740. The van der Waals surface area contributed by atoms with Crippen molar-refractivity contribution in [1.29, 1.82) is 0 Å². The van der Waals surface area contributed by atoms with Gasteiger partial charge in [-0.25, -0.2) is 0 Å². The standard InChI is InChI=1S/C17H32N2O/c1-7-10-18-16(14(2)3)15-8-11-19(13-15)12-9-17(4,5)20-6/h8,11,13-14,16,18H,7,9-10,12H2,1-6H3. The fourth-order valence-electron chi connectivity index (χ4n) is 2.32. The van der Waals surface area contributed by atoms with Gasteiger partial charge in [0.1, 0.15) is 0 Å². The zero-order chi connectivity index (χ0) is 15.2. The van der Waals surface area contributed by atoms with Crippen molar-refractivity contribution in [3.8, 4) is 0 Å². The molecule has 0 aliphatic rings. The van der Waals surface area contributed by atoms with Gasteiger partial charge in [0.05, 0.1) is 5.60 Å². The molecule has 0 saturated heterocycles. The lowest BCUT2D eigenvalue weighted by molar-refractivity contribution is 0.0120. The minimum Gasteiger partial charge on any atom is -0.379 e. The Bertz CT molecular complexity index is 382.